The van der Waals surface area contributed by atoms with E-state index in [1.165, 1.54) is 12.1 Å². The van der Waals surface area contributed by atoms with Crippen LogP contribution in [0.15, 0.2) is 48.5 Å². The van der Waals surface area contributed by atoms with E-state index >= 15 is 0 Å². The van der Waals surface area contributed by atoms with Crippen LogP contribution in [0.2, 0.25) is 0 Å². The van der Waals surface area contributed by atoms with Crippen molar-refractivity contribution in [3.63, 3.8) is 0 Å². The summed E-state index contributed by atoms with van der Waals surface area (Å²) >= 11 is 5.49. The number of aromatic nitrogens is 3. The predicted octanol–water partition coefficient (Wildman–Crippen LogP) is 3.77. The molecule has 2 aromatic carbocycles. The monoisotopic (exact) mass is 402 g/mol. The van der Waals surface area contributed by atoms with Gasteiger partial charge in [0.05, 0.1) is 13.8 Å². The molecule has 0 N–H and O–H groups in total. The highest BCUT2D eigenvalue weighted by Crippen LogP contribution is 2.18. The molecule has 0 aliphatic rings. The molecular formula is C20H23FN4O2S. The number of nitrogens with zero attached hydrogens (tertiary/aromatic N) is 4. The molecule has 6 nitrogen and oxygen atoms in total. The van der Waals surface area contributed by atoms with Gasteiger partial charge in [-0.05, 0) is 61.2 Å². The first-order chi connectivity index (χ1) is 13.5. The summed E-state index contributed by atoms with van der Waals surface area (Å²) in [4.78, 5) is 2.06. The highest BCUT2D eigenvalue weighted by molar-refractivity contribution is 7.71. The largest absolute Gasteiger partial charge is 0.497 e. The normalized spacial score (nSPS) is 11.0. The van der Waals surface area contributed by atoms with Gasteiger partial charge in [-0.2, -0.15) is 5.10 Å². The lowest BCUT2D eigenvalue weighted by atomic mass is 10.2. The minimum atomic E-state index is -0.236. The maximum atomic E-state index is 13.0. The molecule has 0 aliphatic carbocycles. The van der Waals surface area contributed by atoms with Gasteiger partial charge in [-0.3, -0.25) is 4.90 Å². The van der Waals surface area contributed by atoms with E-state index < -0.39 is 0 Å². The van der Waals surface area contributed by atoms with E-state index in [9.17, 15) is 4.39 Å². The van der Waals surface area contributed by atoms with E-state index in [2.05, 4.69) is 10.00 Å². The SMILES string of the molecule is COc1ccc(OCc2nn(CN(C)Cc3ccc(F)cc3)c(=S)n2C)cc1. The van der Waals surface area contributed by atoms with Crippen molar-refractivity contribution >= 4 is 12.2 Å². The molecule has 1 heterocycles. The Hall–Kier alpha value is -2.71. The fraction of sp³-hybridized carbons (Fsp3) is 0.300. The van der Waals surface area contributed by atoms with Crippen LogP contribution in [0.5, 0.6) is 11.5 Å². The third-order valence-electron chi connectivity index (χ3n) is 4.30. The summed E-state index contributed by atoms with van der Waals surface area (Å²) < 4.78 is 28.2. The molecule has 0 saturated carbocycles. The summed E-state index contributed by atoms with van der Waals surface area (Å²) in [6, 6.07) is 13.9. The van der Waals surface area contributed by atoms with Crippen LogP contribution < -0.4 is 9.47 Å². The van der Waals surface area contributed by atoms with Gasteiger partial charge in [-0.25, -0.2) is 9.07 Å². The second kappa shape index (κ2) is 8.99. The van der Waals surface area contributed by atoms with E-state index in [1.54, 1.807) is 23.9 Å². The van der Waals surface area contributed by atoms with Gasteiger partial charge in [-0.1, -0.05) is 12.1 Å². The van der Waals surface area contributed by atoms with Gasteiger partial charge in [0, 0.05) is 13.6 Å². The molecular weight excluding hydrogens is 379 g/mol. The summed E-state index contributed by atoms with van der Waals surface area (Å²) in [6.45, 7) is 1.49. The second-order valence-corrected chi connectivity index (χ2v) is 6.87. The molecule has 0 unspecified atom stereocenters. The first-order valence-electron chi connectivity index (χ1n) is 8.79. The summed E-state index contributed by atoms with van der Waals surface area (Å²) in [5.41, 5.74) is 1.02. The van der Waals surface area contributed by atoms with Gasteiger partial charge in [0.2, 0.25) is 0 Å². The van der Waals surface area contributed by atoms with Gasteiger partial charge >= 0.3 is 0 Å². The molecule has 1 aromatic heterocycles. The van der Waals surface area contributed by atoms with Crippen LogP contribution in [0.3, 0.4) is 0 Å². The Balaban J connectivity index is 1.63. The molecule has 0 spiro atoms. The zero-order valence-corrected chi connectivity index (χ0v) is 16.9. The van der Waals surface area contributed by atoms with Crippen molar-refractivity contribution in [1.29, 1.82) is 0 Å². The Kier molecular flexibility index (Phi) is 6.43. The van der Waals surface area contributed by atoms with Gasteiger partial charge in [0.1, 0.15) is 23.9 Å². The van der Waals surface area contributed by atoms with Crippen LogP contribution >= 0.6 is 12.2 Å². The van der Waals surface area contributed by atoms with Crippen molar-refractivity contribution < 1.29 is 13.9 Å². The zero-order chi connectivity index (χ0) is 20.1. The number of benzene rings is 2. The van der Waals surface area contributed by atoms with Crippen molar-refractivity contribution in [2.24, 2.45) is 7.05 Å². The van der Waals surface area contributed by atoms with E-state index in [4.69, 9.17) is 21.7 Å². The zero-order valence-electron chi connectivity index (χ0n) is 16.1. The Labute approximate surface area is 168 Å². The molecule has 0 amide bonds. The fourth-order valence-electron chi connectivity index (χ4n) is 2.75. The first-order valence-corrected chi connectivity index (χ1v) is 9.19. The Bertz CT molecular complexity index is 967. The number of halogens is 1. The van der Waals surface area contributed by atoms with Crippen molar-refractivity contribution in [2.75, 3.05) is 14.2 Å². The summed E-state index contributed by atoms with van der Waals surface area (Å²) in [5, 5.41) is 4.58. The van der Waals surface area contributed by atoms with Crippen LogP contribution in [-0.2, 0) is 26.9 Å². The highest BCUT2D eigenvalue weighted by atomic mass is 32.1. The Morgan fingerprint density at radius 2 is 1.71 bits per heavy atom. The first kappa shape index (κ1) is 20.0. The van der Waals surface area contributed by atoms with Gasteiger partial charge in [0.15, 0.2) is 10.6 Å². The number of rotatable bonds is 8. The lowest BCUT2D eigenvalue weighted by Crippen LogP contribution is -2.22. The van der Waals surface area contributed by atoms with Crippen molar-refractivity contribution in [2.45, 2.75) is 19.8 Å². The molecule has 0 saturated heterocycles. The van der Waals surface area contributed by atoms with Crippen molar-refractivity contribution in [1.82, 2.24) is 19.2 Å². The molecule has 8 heteroatoms. The van der Waals surface area contributed by atoms with Crippen molar-refractivity contribution in [3.8, 4) is 11.5 Å². The minimum Gasteiger partial charge on any atom is -0.497 e. The van der Waals surface area contributed by atoms with Crippen LogP contribution in [0.25, 0.3) is 0 Å². The highest BCUT2D eigenvalue weighted by Gasteiger charge is 2.11. The predicted molar refractivity (Wildman–Crippen MR) is 107 cm³/mol. The second-order valence-electron chi connectivity index (χ2n) is 6.50. The Morgan fingerprint density at radius 1 is 1.07 bits per heavy atom. The smallest absolute Gasteiger partial charge is 0.198 e. The maximum Gasteiger partial charge on any atom is 0.198 e. The average Bonchev–Trinajstić information content (AvgIpc) is 2.96. The molecule has 0 fully saturated rings. The quantitative estimate of drug-likeness (QED) is 0.537. The molecule has 0 bridgehead atoms. The number of hydrogen-bond acceptors (Lipinski definition) is 5. The topological polar surface area (TPSA) is 44.5 Å². The lowest BCUT2D eigenvalue weighted by Gasteiger charge is -2.16. The molecule has 3 rings (SSSR count). The summed E-state index contributed by atoms with van der Waals surface area (Å²) in [5.74, 6) is 2.00. The van der Waals surface area contributed by atoms with E-state index in [0.717, 1.165) is 22.9 Å². The summed E-state index contributed by atoms with van der Waals surface area (Å²) in [6.07, 6.45) is 0. The van der Waals surface area contributed by atoms with Crippen molar-refractivity contribution in [3.05, 3.63) is 70.5 Å². The molecule has 28 heavy (non-hydrogen) atoms. The maximum absolute atomic E-state index is 13.0. The summed E-state index contributed by atoms with van der Waals surface area (Å²) in [7, 11) is 5.46. The lowest BCUT2D eigenvalue weighted by molar-refractivity contribution is 0.240. The number of methoxy groups -OCH3 is 1. The number of hydrogen-bond donors (Lipinski definition) is 0. The molecule has 0 aliphatic heterocycles. The number of ether oxygens (including phenoxy) is 2. The van der Waals surface area contributed by atoms with Gasteiger partial charge < -0.3 is 14.0 Å². The molecule has 3 aromatic rings. The molecule has 148 valence electrons. The van der Waals surface area contributed by atoms with Crippen LogP contribution in [0, 0.1) is 10.6 Å². The minimum absolute atomic E-state index is 0.236. The average molecular weight is 402 g/mol. The van der Waals surface area contributed by atoms with Crippen LogP contribution in [-0.4, -0.2) is 33.4 Å². The fourth-order valence-corrected chi connectivity index (χ4v) is 2.95. The van der Waals surface area contributed by atoms with E-state index in [-0.39, 0.29) is 5.82 Å². The standard InChI is InChI=1S/C20H23FN4O2S/c1-23(12-15-4-6-16(21)7-5-15)14-25-20(28)24(2)19(22-25)13-27-18-10-8-17(26-3)9-11-18/h4-11H,12-14H2,1-3H3. The van der Waals surface area contributed by atoms with Gasteiger partial charge in [0.25, 0.3) is 0 Å². The van der Waals surface area contributed by atoms with Gasteiger partial charge in [-0.15, -0.1) is 0 Å². The molecule has 0 atom stereocenters. The van der Waals surface area contributed by atoms with E-state index in [1.807, 2.05) is 42.9 Å². The molecule has 0 radical (unpaired) electrons. The Morgan fingerprint density at radius 3 is 2.36 bits per heavy atom. The third-order valence-corrected chi connectivity index (χ3v) is 4.78. The van der Waals surface area contributed by atoms with E-state index in [0.29, 0.717) is 24.6 Å². The van der Waals surface area contributed by atoms with Crippen LogP contribution in [0.4, 0.5) is 4.39 Å². The van der Waals surface area contributed by atoms with Crippen LogP contribution in [0.1, 0.15) is 11.4 Å². The third kappa shape index (κ3) is 4.96.